The Labute approximate surface area is 197 Å². The molecule has 7 nitrogen and oxygen atoms in total. The van der Waals surface area contributed by atoms with Crippen LogP contribution in [0.5, 0.6) is 11.5 Å². The van der Waals surface area contributed by atoms with Crippen molar-refractivity contribution < 1.29 is 22.7 Å². The van der Waals surface area contributed by atoms with E-state index in [9.17, 15) is 13.2 Å². The summed E-state index contributed by atoms with van der Waals surface area (Å²) in [5, 5.41) is 2.93. The van der Waals surface area contributed by atoms with Crippen molar-refractivity contribution in [3.63, 3.8) is 0 Å². The highest BCUT2D eigenvalue weighted by atomic mass is 32.2. The third-order valence-corrected chi connectivity index (χ3v) is 7.79. The van der Waals surface area contributed by atoms with Crippen molar-refractivity contribution in [3.8, 4) is 11.5 Å². The minimum absolute atomic E-state index is 0.0278. The topological polar surface area (TPSA) is 84.9 Å². The second kappa shape index (κ2) is 10.6. The fourth-order valence-electron chi connectivity index (χ4n) is 3.95. The number of piperidine rings is 1. The summed E-state index contributed by atoms with van der Waals surface area (Å²) >= 11 is 0. The molecule has 1 amide bonds. The largest absolute Gasteiger partial charge is 0.497 e. The van der Waals surface area contributed by atoms with Gasteiger partial charge in [0.15, 0.2) is 0 Å². The SMILES string of the molecule is COc1ccc(S(=O)(=O)N2CCC(C(=O)NCCOc3ccccc3C(C)(C)C)CC2)cc1. The molecule has 0 aromatic heterocycles. The zero-order chi connectivity index (χ0) is 24.1. The molecule has 3 rings (SSSR count). The van der Waals surface area contributed by atoms with E-state index in [1.54, 1.807) is 24.3 Å². The third kappa shape index (κ3) is 6.26. The lowest BCUT2D eigenvalue weighted by Gasteiger charge is -2.30. The quantitative estimate of drug-likeness (QED) is 0.591. The number of benzene rings is 2. The Morgan fingerprint density at radius 1 is 1.06 bits per heavy atom. The highest BCUT2D eigenvalue weighted by Gasteiger charge is 2.32. The summed E-state index contributed by atoms with van der Waals surface area (Å²) < 4.78 is 38.2. The van der Waals surface area contributed by atoms with Crippen molar-refractivity contribution in [3.05, 3.63) is 54.1 Å². The van der Waals surface area contributed by atoms with Gasteiger partial charge in [0, 0.05) is 19.0 Å². The summed E-state index contributed by atoms with van der Waals surface area (Å²) in [6, 6.07) is 14.3. The number of carbonyl (C=O) groups excluding carboxylic acids is 1. The number of para-hydroxylation sites is 1. The maximum absolute atomic E-state index is 12.9. The number of nitrogens with zero attached hydrogens (tertiary/aromatic N) is 1. The smallest absolute Gasteiger partial charge is 0.243 e. The molecule has 0 atom stereocenters. The van der Waals surface area contributed by atoms with E-state index in [1.165, 1.54) is 11.4 Å². The summed E-state index contributed by atoms with van der Waals surface area (Å²) in [7, 11) is -2.04. The number of hydrogen-bond donors (Lipinski definition) is 1. The van der Waals surface area contributed by atoms with Gasteiger partial charge in [-0.05, 0) is 54.2 Å². The molecular formula is C25H34N2O5S. The van der Waals surface area contributed by atoms with E-state index in [0.717, 1.165) is 11.3 Å². The predicted molar refractivity (Wildman–Crippen MR) is 128 cm³/mol. The lowest BCUT2D eigenvalue weighted by Crippen LogP contribution is -2.43. The van der Waals surface area contributed by atoms with Gasteiger partial charge in [-0.3, -0.25) is 4.79 Å². The average molecular weight is 475 g/mol. The highest BCUT2D eigenvalue weighted by Crippen LogP contribution is 2.31. The minimum atomic E-state index is -3.58. The Morgan fingerprint density at radius 3 is 2.30 bits per heavy atom. The predicted octanol–water partition coefficient (Wildman–Crippen LogP) is 3.59. The lowest BCUT2D eigenvalue weighted by molar-refractivity contribution is -0.126. The molecule has 33 heavy (non-hydrogen) atoms. The van der Waals surface area contributed by atoms with Crippen LogP contribution in [-0.2, 0) is 20.2 Å². The fourth-order valence-corrected chi connectivity index (χ4v) is 5.42. The minimum Gasteiger partial charge on any atom is -0.497 e. The first-order valence-electron chi connectivity index (χ1n) is 11.3. The van der Waals surface area contributed by atoms with Crippen molar-refractivity contribution in [2.45, 2.75) is 43.9 Å². The van der Waals surface area contributed by atoms with Crippen LogP contribution in [0.2, 0.25) is 0 Å². The molecule has 8 heteroatoms. The summed E-state index contributed by atoms with van der Waals surface area (Å²) in [5.74, 6) is 1.19. The van der Waals surface area contributed by atoms with Crippen LogP contribution >= 0.6 is 0 Å². The number of carbonyl (C=O) groups is 1. The van der Waals surface area contributed by atoms with Gasteiger partial charge >= 0.3 is 0 Å². The molecule has 1 aliphatic heterocycles. The Balaban J connectivity index is 1.46. The second-order valence-corrected chi connectivity index (χ2v) is 11.2. The van der Waals surface area contributed by atoms with E-state index in [2.05, 4.69) is 32.2 Å². The van der Waals surface area contributed by atoms with Gasteiger partial charge in [0.2, 0.25) is 15.9 Å². The third-order valence-electron chi connectivity index (χ3n) is 5.88. The molecule has 1 aliphatic rings. The number of hydrogen-bond acceptors (Lipinski definition) is 5. The van der Waals surface area contributed by atoms with Gasteiger partial charge in [-0.15, -0.1) is 0 Å². The molecule has 0 unspecified atom stereocenters. The van der Waals surface area contributed by atoms with E-state index in [1.807, 2.05) is 18.2 Å². The number of ether oxygens (including phenoxy) is 2. The van der Waals surface area contributed by atoms with Gasteiger partial charge in [0.1, 0.15) is 18.1 Å². The maximum Gasteiger partial charge on any atom is 0.243 e. The van der Waals surface area contributed by atoms with Crippen LogP contribution < -0.4 is 14.8 Å². The molecule has 180 valence electrons. The van der Waals surface area contributed by atoms with Gasteiger partial charge in [-0.25, -0.2) is 8.42 Å². The lowest BCUT2D eigenvalue weighted by atomic mass is 9.86. The zero-order valence-electron chi connectivity index (χ0n) is 19.8. The van der Waals surface area contributed by atoms with Crippen LogP contribution in [0, 0.1) is 5.92 Å². The molecule has 1 saturated heterocycles. The van der Waals surface area contributed by atoms with Gasteiger partial charge in [-0.1, -0.05) is 39.0 Å². The fraction of sp³-hybridized carbons (Fsp3) is 0.480. The van der Waals surface area contributed by atoms with Crippen LogP contribution in [0.4, 0.5) is 0 Å². The Bertz CT molecular complexity index is 1040. The number of sulfonamides is 1. The Kier molecular flexibility index (Phi) is 8.02. The number of nitrogens with one attached hydrogen (secondary N) is 1. The number of rotatable bonds is 8. The Morgan fingerprint density at radius 2 is 1.70 bits per heavy atom. The van der Waals surface area contributed by atoms with Gasteiger partial charge in [0.25, 0.3) is 0 Å². The monoisotopic (exact) mass is 474 g/mol. The van der Waals surface area contributed by atoms with E-state index in [4.69, 9.17) is 9.47 Å². The zero-order valence-corrected chi connectivity index (χ0v) is 20.7. The van der Waals surface area contributed by atoms with Crippen molar-refractivity contribution >= 4 is 15.9 Å². The molecule has 2 aromatic rings. The van der Waals surface area contributed by atoms with Crippen molar-refractivity contribution in [1.29, 1.82) is 0 Å². The molecule has 0 bridgehead atoms. The molecule has 0 aliphatic carbocycles. The van der Waals surface area contributed by atoms with Crippen LogP contribution in [0.15, 0.2) is 53.4 Å². The summed E-state index contributed by atoms with van der Waals surface area (Å²) in [4.78, 5) is 12.8. The standard InChI is InChI=1S/C25H34N2O5S/c1-25(2,3)22-7-5-6-8-23(22)32-18-15-26-24(28)19-13-16-27(17-14-19)33(29,30)21-11-9-20(31-4)10-12-21/h5-12,19H,13-18H2,1-4H3,(H,26,28). The molecule has 0 spiro atoms. The summed E-state index contributed by atoms with van der Waals surface area (Å²) in [6.07, 6.45) is 0.990. The first kappa shape index (κ1) is 25.1. The first-order chi connectivity index (χ1) is 15.6. The van der Waals surface area contributed by atoms with E-state index >= 15 is 0 Å². The molecule has 0 saturated carbocycles. The number of amides is 1. The van der Waals surface area contributed by atoms with E-state index < -0.39 is 10.0 Å². The highest BCUT2D eigenvalue weighted by molar-refractivity contribution is 7.89. The second-order valence-electron chi connectivity index (χ2n) is 9.24. The van der Waals surface area contributed by atoms with Crippen molar-refractivity contribution in [1.82, 2.24) is 9.62 Å². The molecule has 0 radical (unpaired) electrons. The molecular weight excluding hydrogens is 440 g/mol. The first-order valence-corrected chi connectivity index (χ1v) is 12.7. The van der Waals surface area contributed by atoms with Gasteiger partial charge in [0.05, 0.1) is 18.6 Å². The molecule has 2 aromatic carbocycles. The van der Waals surface area contributed by atoms with Crippen LogP contribution in [0.25, 0.3) is 0 Å². The van der Waals surface area contributed by atoms with Crippen molar-refractivity contribution in [2.24, 2.45) is 5.92 Å². The van der Waals surface area contributed by atoms with E-state index in [-0.39, 0.29) is 22.1 Å². The van der Waals surface area contributed by atoms with Crippen LogP contribution in [0.1, 0.15) is 39.2 Å². The van der Waals surface area contributed by atoms with Crippen molar-refractivity contribution in [2.75, 3.05) is 33.4 Å². The average Bonchev–Trinajstić information content (AvgIpc) is 2.81. The van der Waals surface area contributed by atoms with Crippen LogP contribution in [0.3, 0.4) is 0 Å². The summed E-state index contributed by atoms with van der Waals surface area (Å²) in [5.41, 5.74) is 1.10. The molecule has 1 fully saturated rings. The number of methoxy groups -OCH3 is 1. The van der Waals surface area contributed by atoms with E-state index in [0.29, 0.717) is 44.8 Å². The molecule has 1 heterocycles. The van der Waals surface area contributed by atoms with Crippen LogP contribution in [-0.4, -0.2) is 52.0 Å². The normalized spacial score (nSPS) is 15.8. The Hall–Kier alpha value is -2.58. The van der Waals surface area contributed by atoms with Gasteiger partial charge in [-0.2, -0.15) is 4.31 Å². The summed E-state index contributed by atoms with van der Waals surface area (Å²) in [6.45, 7) is 7.84. The maximum atomic E-state index is 12.9. The molecule has 1 N–H and O–H groups in total. The van der Waals surface area contributed by atoms with Gasteiger partial charge < -0.3 is 14.8 Å².